The molecule has 1 aromatic heterocycles. The largest absolute Gasteiger partial charge is 0.349 e. The van der Waals surface area contributed by atoms with Gasteiger partial charge in [0, 0.05) is 24.2 Å². The number of carbonyl (C=O) groups is 3. The number of aromatic nitrogens is 2. The predicted molar refractivity (Wildman–Crippen MR) is 101 cm³/mol. The van der Waals surface area contributed by atoms with Crippen LogP contribution >= 0.6 is 23.4 Å². The van der Waals surface area contributed by atoms with Crippen LogP contribution in [-0.4, -0.2) is 45.2 Å². The number of amides is 3. The van der Waals surface area contributed by atoms with Crippen LogP contribution < -0.4 is 10.9 Å². The van der Waals surface area contributed by atoms with Gasteiger partial charge in [-0.1, -0.05) is 23.7 Å². The number of carbonyl (C=O) groups excluding carboxylic acids is 3. The van der Waals surface area contributed by atoms with Gasteiger partial charge in [0.05, 0.1) is 4.91 Å². The number of imide groups is 1. The quantitative estimate of drug-likeness (QED) is 0.736. The average molecular weight is 405 g/mol. The van der Waals surface area contributed by atoms with Crippen LogP contribution in [0.25, 0.3) is 6.08 Å². The zero-order valence-electron chi connectivity index (χ0n) is 13.8. The van der Waals surface area contributed by atoms with Crippen molar-refractivity contribution in [2.24, 2.45) is 0 Å². The molecule has 1 saturated heterocycles. The minimum Gasteiger partial charge on any atom is -0.349 e. The van der Waals surface area contributed by atoms with E-state index >= 15 is 0 Å². The zero-order chi connectivity index (χ0) is 19.4. The molecule has 2 aromatic rings. The molecule has 1 aliphatic heterocycles. The first-order valence-corrected chi connectivity index (χ1v) is 8.98. The van der Waals surface area contributed by atoms with Crippen molar-refractivity contribution < 1.29 is 14.4 Å². The third kappa shape index (κ3) is 4.63. The van der Waals surface area contributed by atoms with Crippen LogP contribution in [0.5, 0.6) is 0 Å². The van der Waals surface area contributed by atoms with E-state index in [0.29, 0.717) is 9.93 Å². The van der Waals surface area contributed by atoms with Crippen LogP contribution in [0, 0.1) is 0 Å². The molecule has 1 aliphatic rings. The van der Waals surface area contributed by atoms with Gasteiger partial charge in [0.25, 0.3) is 22.6 Å². The minimum atomic E-state index is -0.519. The number of H-pyrrole nitrogens is 1. The van der Waals surface area contributed by atoms with Gasteiger partial charge >= 0.3 is 0 Å². The van der Waals surface area contributed by atoms with Gasteiger partial charge in [0.2, 0.25) is 0 Å². The maximum Gasteiger partial charge on any atom is 0.293 e. The zero-order valence-corrected chi connectivity index (χ0v) is 15.3. The molecule has 0 saturated carbocycles. The molecule has 1 fully saturated rings. The van der Waals surface area contributed by atoms with E-state index in [1.807, 2.05) is 0 Å². The molecule has 10 heteroatoms. The lowest BCUT2D eigenvalue weighted by molar-refractivity contribution is -0.122. The SMILES string of the molecule is O=C(NCCN1C(=O)S/C(=C/c2ccc(Cl)cc2)C1=O)c1ccc(=O)[nH]n1. The molecular formula is C17H13ClN4O4S. The number of rotatable bonds is 5. The van der Waals surface area contributed by atoms with E-state index in [2.05, 4.69) is 15.5 Å². The Morgan fingerprint density at radius 3 is 2.59 bits per heavy atom. The maximum absolute atomic E-state index is 12.4. The molecule has 3 rings (SSSR count). The van der Waals surface area contributed by atoms with E-state index < -0.39 is 22.6 Å². The molecule has 0 aliphatic carbocycles. The Hall–Kier alpha value is -2.91. The molecule has 0 atom stereocenters. The minimum absolute atomic E-state index is 0.0255. The Morgan fingerprint density at radius 1 is 1.19 bits per heavy atom. The van der Waals surface area contributed by atoms with Gasteiger partial charge in [0.1, 0.15) is 5.69 Å². The van der Waals surface area contributed by atoms with E-state index in [-0.39, 0.29) is 18.8 Å². The molecule has 0 bridgehead atoms. The molecule has 2 heterocycles. The molecule has 8 nitrogen and oxygen atoms in total. The van der Waals surface area contributed by atoms with Crippen molar-refractivity contribution in [1.82, 2.24) is 20.4 Å². The van der Waals surface area contributed by atoms with Crippen LogP contribution in [0.4, 0.5) is 4.79 Å². The van der Waals surface area contributed by atoms with Crippen LogP contribution in [0.15, 0.2) is 46.1 Å². The van der Waals surface area contributed by atoms with E-state index in [0.717, 1.165) is 22.2 Å². The van der Waals surface area contributed by atoms with Gasteiger partial charge in [-0.05, 0) is 41.6 Å². The maximum atomic E-state index is 12.4. The molecular weight excluding hydrogens is 392 g/mol. The highest BCUT2D eigenvalue weighted by atomic mass is 35.5. The van der Waals surface area contributed by atoms with Crippen molar-refractivity contribution in [3.8, 4) is 0 Å². The van der Waals surface area contributed by atoms with Crippen molar-refractivity contribution in [1.29, 1.82) is 0 Å². The highest BCUT2D eigenvalue weighted by Crippen LogP contribution is 2.32. The lowest BCUT2D eigenvalue weighted by Crippen LogP contribution is -2.37. The van der Waals surface area contributed by atoms with Gasteiger partial charge in [0.15, 0.2) is 0 Å². The highest BCUT2D eigenvalue weighted by molar-refractivity contribution is 8.18. The van der Waals surface area contributed by atoms with Crippen LogP contribution in [-0.2, 0) is 4.79 Å². The van der Waals surface area contributed by atoms with Gasteiger partial charge < -0.3 is 5.32 Å². The van der Waals surface area contributed by atoms with Gasteiger partial charge in [-0.2, -0.15) is 5.10 Å². The van der Waals surface area contributed by atoms with Crippen LogP contribution in [0.1, 0.15) is 16.1 Å². The Labute approximate surface area is 162 Å². The van der Waals surface area contributed by atoms with Crippen molar-refractivity contribution in [3.05, 3.63) is 67.9 Å². The molecule has 0 spiro atoms. The van der Waals surface area contributed by atoms with Crippen LogP contribution in [0.3, 0.4) is 0 Å². The number of benzene rings is 1. The molecule has 0 unspecified atom stereocenters. The number of halogens is 1. The summed E-state index contributed by atoms with van der Waals surface area (Å²) >= 11 is 6.66. The molecule has 2 N–H and O–H groups in total. The lowest BCUT2D eigenvalue weighted by atomic mass is 10.2. The molecule has 0 radical (unpaired) electrons. The first kappa shape index (κ1) is 18.9. The van der Waals surface area contributed by atoms with E-state index in [1.54, 1.807) is 30.3 Å². The Bertz CT molecular complexity index is 967. The normalized spacial score (nSPS) is 15.4. The fourth-order valence-corrected chi connectivity index (χ4v) is 3.24. The number of thioether (sulfide) groups is 1. The van der Waals surface area contributed by atoms with E-state index in [4.69, 9.17) is 11.6 Å². The topological polar surface area (TPSA) is 112 Å². The summed E-state index contributed by atoms with van der Waals surface area (Å²) < 4.78 is 0. The summed E-state index contributed by atoms with van der Waals surface area (Å²) in [4.78, 5) is 48.7. The second-order valence-electron chi connectivity index (χ2n) is 5.45. The summed E-state index contributed by atoms with van der Waals surface area (Å²) in [5.41, 5.74) is 0.366. The predicted octanol–water partition coefficient (Wildman–Crippen LogP) is 1.89. The summed E-state index contributed by atoms with van der Waals surface area (Å²) in [7, 11) is 0. The van der Waals surface area contributed by atoms with Crippen molar-refractivity contribution in [2.75, 3.05) is 13.1 Å². The summed E-state index contributed by atoms with van der Waals surface area (Å²) in [6.45, 7) is 0.0869. The van der Waals surface area contributed by atoms with Gasteiger partial charge in [-0.3, -0.25) is 24.1 Å². The Balaban J connectivity index is 1.59. The second-order valence-corrected chi connectivity index (χ2v) is 6.88. The first-order chi connectivity index (χ1) is 12.9. The summed E-state index contributed by atoms with van der Waals surface area (Å²) in [6.07, 6.45) is 1.62. The van der Waals surface area contributed by atoms with Gasteiger partial charge in [-0.25, -0.2) is 5.10 Å². The average Bonchev–Trinajstić information content (AvgIpc) is 2.91. The van der Waals surface area contributed by atoms with Crippen molar-refractivity contribution in [3.63, 3.8) is 0 Å². The number of aromatic amines is 1. The first-order valence-electron chi connectivity index (χ1n) is 7.79. The fraction of sp³-hybridized carbons (Fsp3) is 0.118. The fourth-order valence-electron chi connectivity index (χ4n) is 2.25. The molecule has 3 amide bonds. The standard InChI is InChI=1S/C17H13ClN4O4S/c18-11-3-1-10(2-4-11)9-13-16(25)22(17(26)27-13)8-7-19-15(24)12-5-6-14(23)21-20-12/h1-6,9H,7-8H2,(H,19,24)(H,21,23)/b13-9+. The smallest absolute Gasteiger partial charge is 0.293 e. The molecule has 138 valence electrons. The second kappa shape index (κ2) is 8.19. The number of nitrogens with zero attached hydrogens (tertiary/aromatic N) is 2. The van der Waals surface area contributed by atoms with Crippen molar-refractivity contribution >= 4 is 46.5 Å². The lowest BCUT2D eigenvalue weighted by Gasteiger charge is -2.12. The summed E-state index contributed by atoms with van der Waals surface area (Å²) in [5, 5.41) is 8.47. The number of hydrogen-bond donors (Lipinski definition) is 2. The van der Waals surface area contributed by atoms with E-state index in [1.165, 1.54) is 12.1 Å². The number of nitrogens with one attached hydrogen (secondary N) is 2. The molecule has 1 aromatic carbocycles. The van der Waals surface area contributed by atoms with Gasteiger partial charge in [-0.15, -0.1) is 0 Å². The van der Waals surface area contributed by atoms with E-state index in [9.17, 15) is 19.2 Å². The third-order valence-electron chi connectivity index (χ3n) is 3.57. The Kier molecular flexibility index (Phi) is 5.72. The monoisotopic (exact) mass is 404 g/mol. The summed E-state index contributed by atoms with van der Waals surface area (Å²) in [5.74, 6) is -0.939. The van der Waals surface area contributed by atoms with Crippen molar-refractivity contribution in [2.45, 2.75) is 0 Å². The molecule has 27 heavy (non-hydrogen) atoms. The summed E-state index contributed by atoms with van der Waals surface area (Å²) in [6, 6.07) is 9.33. The third-order valence-corrected chi connectivity index (χ3v) is 4.73. The number of hydrogen-bond acceptors (Lipinski definition) is 6. The Morgan fingerprint density at radius 2 is 1.93 bits per heavy atom. The highest BCUT2D eigenvalue weighted by Gasteiger charge is 2.34. The van der Waals surface area contributed by atoms with Crippen LogP contribution in [0.2, 0.25) is 5.02 Å².